The van der Waals surface area contributed by atoms with E-state index in [1.54, 1.807) is 43.3 Å². The van der Waals surface area contributed by atoms with Crippen molar-refractivity contribution in [1.82, 2.24) is 0 Å². The van der Waals surface area contributed by atoms with E-state index in [0.29, 0.717) is 22.4 Å². The van der Waals surface area contributed by atoms with Gasteiger partial charge in [-0.05, 0) is 79.2 Å². The van der Waals surface area contributed by atoms with Crippen molar-refractivity contribution in [3.05, 3.63) is 101 Å². The van der Waals surface area contributed by atoms with Crippen LogP contribution < -0.4 is 9.47 Å². The summed E-state index contributed by atoms with van der Waals surface area (Å²) in [4.78, 5) is 35.1. The average molecular weight is 426 g/mol. The summed E-state index contributed by atoms with van der Waals surface area (Å²) < 4.78 is 10.6. The maximum absolute atomic E-state index is 12.3. The van der Waals surface area contributed by atoms with Crippen molar-refractivity contribution in [1.29, 1.82) is 0 Å². The summed E-state index contributed by atoms with van der Waals surface area (Å²) in [6.07, 6.45) is 2.43. The van der Waals surface area contributed by atoms with E-state index in [9.17, 15) is 14.4 Å². The minimum absolute atomic E-state index is 0.284. The lowest BCUT2D eigenvalue weighted by molar-refractivity contribution is -0.131. The van der Waals surface area contributed by atoms with Gasteiger partial charge in [-0.25, -0.2) is 14.4 Å². The molecule has 0 radical (unpaired) electrons. The second-order valence-corrected chi connectivity index (χ2v) is 6.50. The lowest BCUT2D eigenvalue weighted by Gasteiger charge is -2.07. The summed E-state index contributed by atoms with van der Waals surface area (Å²) in [7, 11) is 0. The van der Waals surface area contributed by atoms with Crippen molar-refractivity contribution in [3.8, 4) is 23.3 Å². The van der Waals surface area contributed by atoms with Gasteiger partial charge in [-0.2, -0.15) is 0 Å². The van der Waals surface area contributed by atoms with Crippen molar-refractivity contribution < 1.29 is 29.0 Å². The van der Waals surface area contributed by atoms with Crippen LogP contribution in [0.2, 0.25) is 0 Å². The molecule has 6 heteroatoms. The molecule has 6 nitrogen and oxygen atoms in total. The van der Waals surface area contributed by atoms with Crippen molar-refractivity contribution in [2.75, 3.05) is 0 Å². The summed E-state index contributed by atoms with van der Waals surface area (Å²) in [5.41, 5.74) is 2.15. The lowest BCUT2D eigenvalue weighted by atomic mass is 10.1. The summed E-state index contributed by atoms with van der Waals surface area (Å²) in [5, 5.41) is 8.64. The van der Waals surface area contributed by atoms with Gasteiger partial charge >= 0.3 is 17.9 Å². The Hall–Kier alpha value is -4.63. The Bertz CT molecular complexity index is 1210. The van der Waals surface area contributed by atoms with Gasteiger partial charge in [0, 0.05) is 11.6 Å². The Labute approximate surface area is 184 Å². The van der Waals surface area contributed by atoms with Gasteiger partial charge in [0.05, 0.1) is 11.1 Å². The van der Waals surface area contributed by atoms with Gasteiger partial charge in [-0.3, -0.25) is 0 Å². The number of aliphatic carboxylic acids is 1. The zero-order valence-corrected chi connectivity index (χ0v) is 17.1. The molecule has 158 valence electrons. The number of carboxylic acids is 1. The van der Waals surface area contributed by atoms with Gasteiger partial charge in [0.2, 0.25) is 0 Å². The number of carboxylic acid groups (broad SMARTS) is 1. The van der Waals surface area contributed by atoms with Crippen LogP contribution in [-0.4, -0.2) is 23.0 Å². The van der Waals surface area contributed by atoms with Gasteiger partial charge in [-0.1, -0.05) is 18.1 Å². The second-order valence-electron chi connectivity index (χ2n) is 6.50. The van der Waals surface area contributed by atoms with E-state index in [1.807, 2.05) is 0 Å². The Morgan fingerprint density at radius 2 is 1.22 bits per heavy atom. The zero-order valence-electron chi connectivity index (χ0n) is 17.1. The highest BCUT2D eigenvalue weighted by atomic mass is 16.5. The Kier molecular flexibility index (Phi) is 7.18. The van der Waals surface area contributed by atoms with Crippen LogP contribution in [0.25, 0.3) is 6.08 Å². The largest absolute Gasteiger partial charge is 0.478 e. The van der Waals surface area contributed by atoms with Crippen LogP contribution in [0.5, 0.6) is 11.5 Å². The molecule has 0 aliphatic rings. The molecular formula is C26H18O6. The Balaban J connectivity index is 1.59. The number of benzene rings is 3. The van der Waals surface area contributed by atoms with Crippen molar-refractivity contribution in [2.45, 2.75) is 6.92 Å². The van der Waals surface area contributed by atoms with Gasteiger partial charge in [0.15, 0.2) is 0 Å². The average Bonchev–Trinajstić information content (AvgIpc) is 2.80. The molecule has 0 saturated carbocycles. The topological polar surface area (TPSA) is 89.9 Å². The van der Waals surface area contributed by atoms with E-state index < -0.39 is 17.9 Å². The maximum atomic E-state index is 12.3. The maximum Gasteiger partial charge on any atom is 0.343 e. The minimum atomic E-state index is -1.05. The number of esters is 2. The predicted molar refractivity (Wildman–Crippen MR) is 118 cm³/mol. The number of ether oxygens (including phenoxy) is 2. The third-order valence-corrected chi connectivity index (χ3v) is 4.20. The first-order chi connectivity index (χ1) is 15.4. The fourth-order valence-corrected chi connectivity index (χ4v) is 2.64. The standard InChI is InChI=1S/C26H18O6/c1-2-3-18-4-9-20(10-5-18)25(29)31-22-13-15-23(16-14-22)32-26(30)21-11-6-19(7-12-21)8-17-24(27)28/h4-17H,1H3,(H,27,28)/b17-8+. The van der Waals surface area contributed by atoms with Crippen LogP contribution in [-0.2, 0) is 4.79 Å². The van der Waals surface area contributed by atoms with Crippen LogP contribution >= 0.6 is 0 Å². The van der Waals surface area contributed by atoms with Crippen molar-refractivity contribution in [3.63, 3.8) is 0 Å². The molecule has 0 fully saturated rings. The molecule has 0 aliphatic carbocycles. The van der Waals surface area contributed by atoms with E-state index in [4.69, 9.17) is 14.6 Å². The fraction of sp³-hybridized carbons (Fsp3) is 0.0385. The summed E-state index contributed by atoms with van der Waals surface area (Å²) in [6, 6.07) is 19.1. The van der Waals surface area contributed by atoms with Gasteiger partial charge in [0.1, 0.15) is 11.5 Å². The lowest BCUT2D eigenvalue weighted by Crippen LogP contribution is -2.09. The highest BCUT2D eigenvalue weighted by molar-refractivity contribution is 5.92. The van der Waals surface area contributed by atoms with Crippen LogP contribution in [0.3, 0.4) is 0 Å². The summed E-state index contributed by atoms with van der Waals surface area (Å²) in [5.74, 6) is 4.15. The van der Waals surface area contributed by atoms with Crippen LogP contribution in [0.15, 0.2) is 78.9 Å². The fourth-order valence-electron chi connectivity index (χ4n) is 2.64. The third kappa shape index (κ3) is 6.18. The van der Waals surface area contributed by atoms with Gasteiger partial charge in [-0.15, -0.1) is 5.92 Å². The van der Waals surface area contributed by atoms with Gasteiger partial charge in [0.25, 0.3) is 0 Å². The summed E-state index contributed by atoms with van der Waals surface area (Å²) >= 11 is 0. The zero-order chi connectivity index (χ0) is 22.9. The van der Waals surface area contributed by atoms with E-state index in [-0.39, 0.29) is 5.75 Å². The minimum Gasteiger partial charge on any atom is -0.478 e. The normalized spacial score (nSPS) is 10.2. The SMILES string of the molecule is CC#Cc1ccc(C(=O)Oc2ccc(OC(=O)c3ccc(/C=C/C(=O)O)cc3)cc2)cc1. The van der Waals surface area contributed by atoms with E-state index in [1.165, 1.54) is 42.5 Å². The number of hydrogen-bond donors (Lipinski definition) is 1. The molecule has 3 rings (SSSR count). The molecule has 0 saturated heterocycles. The molecule has 0 spiro atoms. The quantitative estimate of drug-likeness (QED) is 0.268. The number of carbonyl (C=O) groups excluding carboxylic acids is 2. The number of carbonyl (C=O) groups is 3. The van der Waals surface area contributed by atoms with Crippen LogP contribution in [0, 0.1) is 11.8 Å². The monoisotopic (exact) mass is 426 g/mol. The van der Waals surface area contributed by atoms with Crippen LogP contribution in [0.4, 0.5) is 0 Å². The van der Waals surface area contributed by atoms with Gasteiger partial charge < -0.3 is 14.6 Å². The first-order valence-electron chi connectivity index (χ1n) is 9.53. The molecule has 0 heterocycles. The molecule has 0 aromatic heterocycles. The molecule has 3 aromatic carbocycles. The molecule has 3 aromatic rings. The number of rotatable bonds is 6. The first kappa shape index (κ1) is 22.1. The molecule has 32 heavy (non-hydrogen) atoms. The molecule has 1 N–H and O–H groups in total. The van der Waals surface area contributed by atoms with E-state index >= 15 is 0 Å². The molecular weight excluding hydrogens is 408 g/mol. The van der Waals surface area contributed by atoms with Crippen molar-refractivity contribution >= 4 is 24.0 Å². The smallest absolute Gasteiger partial charge is 0.343 e. The molecule has 0 unspecified atom stereocenters. The third-order valence-electron chi connectivity index (χ3n) is 4.20. The van der Waals surface area contributed by atoms with Crippen molar-refractivity contribution in [2.24, 2.45) is 0 Å². The molecule has 0 atom stereocenters. The first-order valence-corrected chi connectivity index (χ1v) is 9.53. The Morgan fingerprint density at radius 3 is 1.66 bits per heavy atom. The predicted octanol–water partition coefficient (Wildman–Crippen LogP) is 4.59. The second kappa shape index (κ2) is 10.4. The molecule has 0 bridgehead atoms. The molecule has 0 aliphatic heterocycles. The van der Waals surface area contributed by atoms with Crippen LogP contribution in [0.1, 0.15) is 38.8 Å². The molecule has 0 amide bonds. The highest BCUT2D eigenvalue weighted by Crippen LogP contribution is 2.20. The Morgan fingerprint density at radius 1 is 0.750 bits per heavy atom. The van der Waals surface area contributed by atoms with E-state index in [2.05, 4.69) is 11.8 Å². The number of hydrogen-bond acceptors (Lipinski definition) is 5. The summed E-state index contributed by atoms with van der Waals surface area (Å²) in [6.45, 7) is 1.74. The highest BCUT2D eigenvalue weighted by Gasteiger charge is 2.11. The van der Waals surface area contributed by atoms with E-state index in [0.717, 1.165) is 11.6 Å².